The van der Waals surface area contributed by atoms with Crippen molar-refractivity contribution >= 4 is 35.3 Å². The van der Waals surface area contributed by atoms with Crippen molar-refractivity contribution in [3.05, 3.63) is 99.3 Å². The highest BCUT2D eigenvalue weighted by Crippen LogP contribution is 2.51. The summed E-state index contributed by atoms with van der Waals surface area (Å²) in [5.74, 6) is 0. The summed E-state index contributed by atoms with van der Waals surface area (Å²) >= 11 is 13.5. The Labute approximate surface area is 274 Å². The zero-order chi connectivity index (χ0) is 32.4. The second-order valence-corrected chi connectivity index (χ2v) is 14.0. The van der Waals surface area contributed by atoms with E-state index in [4.69, 9.17) is 33.3 Å². The van der Waals surface area contributed by atoms with Gasteiger partial charge in [0.15, 0.2) is 0 Å². The lowest BCUT2D eigenvalue weighted by atomic mass is 9.81. The summed E-state index contributed by atoms with van der Waals surface area (Å²) in [5.41, 5.74) is 1.68. The molecule has 1 aromatic heterocycles. The molecule has 0 spiro atoms. The molecule has 5 rings (SSSR count). The zero-order valence-corrected chi connectivity index (χ0v) is 27.3. The predicted molar refractivity (Wildman–Crippen MR) is 175 cm³/mol. The third-order valence-electron chi connectivity index (χ3n) is 9.04. The van der Waals surface area contributed by atoms with Crippen LogP contribution >= 0.6 is 23.2 Å². The second-order valence-electron chi connectivity index (χ2n) is 13.2. The monoisotopic (exact) mass is 653 g/mol. The summed E-state index contributed by atoms with van der Waals surface area (Å²) in [6.07, 6.45) is 1.74. The molecule has 2 fully saturated rings. The lowest BCUT2D eigenvalue weighted by molar-refractivity contribution is -0.0685. The van der Waals surface area contributed by atoms with E-state index in [1.54, 1.807) is 0 Å². The number of nitrogens with one attached hydrogen (secondary N) is 3. The molecule has 0 aliphatic carbocycles. The molecule has 3 amide bonds. The number of benzene rings is 2. The summed E-state index contributed by atoms with van der Waals surface area (Å²) in [4.78, 5) is 31.0. The van der Waals surface area contributed by atoms with E-state index in [2.05, 4.69) is 33.0 Å². The Morgan fingerprint density at radius 2 is 1.51 bits per heavy atom. The predicted octanol–water partition coefficient (Wildman–Crippen LogP) is 6.47. The van der Waals surface area contributed by atoms with Gasteiger partial charge in [0.05, 0.1) is 30.0 Å². The summed E-state index contributed by atoms with van der Waals surface area (Å²) < 4.78 is 0. The number of aliphatic hydroxyl groups is 1. The number of carboxylic acid groups (broad SMARTS) is 1. The van der Waals surface area contributed by atoms with Crippen molar-refractivity contribution in [3.63, 3.8) is 0 Å². The molecule has 3 heterocycles. The Hall–Kier alpha value is -3.37. The number of carbonyl (C=O) groups is 2. The van der Waals surface area contributed by atoms with Crippen molar-refractivity contribution in [2.45, 2.75) is 82.8 Å². The van der Waals surface area contributed by atoms with Crippen LogP contribution in [0.1, 0.15) is 75.0 Å². The third-order valence-corrected chi connectivity index (χ3v) is 9.73. The van der Waals surface area contributed by atoms with Crippen LogP contribution in [0.2, 0.25) is 10.0 Å². The van der Waals surface area contributed by atoms with E-state index in [1.807, 2.05) is 75.4 Å². The fraction of sp³-hybridized carbons (Fsp3) is 0.441. The maximum absolute atomic E-state index is 12.6. The lowest BCUT2D eigenvalue weighted by Crippen LogP contribution is -2.52. The highest BCUT2D eigenvalue weighted by atomic mass is 35.5. The first-order valence-electron chi connectivity index (χ1n) is 15.3. The SMILES string of the molecule is CC(C)(C)C(CNC(=O)NCc1cccc(C2(O)CC3CCC(C2)N3C(c2ccccc2Cl)c2ccccc2Cl)n1)NC(=O)O. The molecule has 11 heteroatoms. The van der Waals surface area contributed by atoms with Crippen LogP contribution in [-0.2, 0) is 12.1 Å². The Balaban J connectivity index is 1.29. The van der Waals surface area contributed by atoms with E-state index in [9.17, 15) is 14.7 Å². The Morgan fingerprint density at radius 3 is 2.04 bits per heavy atom. The molecule has 0 radical (unpaired) electrons. The van der Waals surface area contributed by atoms with Crippen LogP contribution in [0.15, 0.2) is 66.7 Å². The first-order chi connectivity index (χ1) is 21.4. The van der Waals surface area contributed by atoms with E-state index >= 15 is 0 Å². The van der Waals surface area contributed by atoms with Gasteiger partial charge in [-0.2, -0.15) is 0 Å². The van der Waals surface area contributed by atoms with Gasteiger partial charge in [0, 0.05) is 28.7 Å². The molecule has 2 aromatic carbocycles. The fourth-order valence-corrected chi connectivity index (χ4v) is 7.24. The fourth-order valence-electron chi connectivity index (χ4n) is 6.76. The number of urea groups is 1. The molecule has 2 aliphatic rings. The van der Waals surface area contributed by atoms with Crippen molar-refractivity contribution in [2.75, 3.05) is 6.54 Å². The van der Waals surface area contributed by atoms with Crippen molar-refractivity contribution < 1.29 is 19.8 Å². The Bertz CT molecular complexity index is 1470. The van der Waals surface area contributed by atoms with Gasteiger partial charge in [0.2, 0.25) is 0 Å². The van der Waals surface area contributed by atoms with E-state index < -0.39 is 23.8 Å². The molecule has 3 atom stereocenters. The van der Waals surface area contributed by atoms with Crippen LogP contribution in [0.4, 0.5) is 9.59 Å². The molecule has 5 N–H and O–H groups in total. The standard InChI is InChI=1S/C34H41Cl2N5O4/c1-33(2,3)29(40-32(43)44)20-38-31(42)37-19-21-9-8-14-28(39-21)34(45)17-22-15-16-23(18-34)41(22)30(24-10-4-6-12-26(24)35)25-11-5-7-13-27(25)36/h4-14,22-23,29-30,40,45H,15-20H2,1-3H3,(H,43,44)(H2,37,38,42). The molecule has 3 unspecified atom stereocenters. The van der Waals surface area contributed by atoms with E-state index in [-0.39, 0.29) is 36.6 Å². The number of nitrogens with zero attached hydrogens (tertiary/aromatic N) is 2. The summed E-state index contributed by atoms with van der Waals surface area (Å²) in [7, 11) is 0. The number of hydrogen-bond donors (Lipinski definition) is 5. The van der Waals surface area contributed by atoms with Gasteiger partial charge in [-0.1, -0.05) is 86.4 Å². The summed E-state index contributed by atoms with van der Waals surface area (Å²) in [6.45, 7) is 5.99. The number of aromatic nitrogens is 1. The maximum Gasteiger partial charge on any atom is 0.404 e. The van der Waals surface area contributed by atoms with Gasteiger partial charge in [0.25, 0.3) is 0 Å². The minimum Gasteiger partial charge on any atom is -0.465 e. The number of halogens is 2. The van der Waals surface area contributed by atoms with Crippen molar-refractivity contribution in [1.82, 2.24) is 25.8 Å². The maximum atomic E-state index is 12.6. The van der Waals surface area contributed by atoms with Crippen LogP contribution in [0.25, 0.3) is 0 Å². The number of carbonyl (C=O) groups excluding carboxylic acids is 1. The molecule has 240 valence electrons. The molecule has 2 bridgehead atoms. The third kappa shape index (κ3) is 7.55. The average Bonchev–Trinajstić information content (AvgIpc) is 3.25. The summed E-state index contributed by atoms with van der Waals surface area (Å²) in [5, 5.41) is 30.6. The topological polar surface area (TPSA) is 127 Å². The van der Waals surface area contributed by atoms with Gasteiger partial charge >= 0.3 is 12.1 Å². The highest BCUT2D eigenvalue weighted by Gasteiger charge is 2.51. The zero-order valence-electron chi connectivity index (χ0n) is 25.8. The number of pyridine rings is 1. The number of amides is 3. The average molecular weight is 655 g/mol. The minimum absolute atomic E-state index is 0.0795. The lowest BCUT2D eigenvalue weighted by Gasteiger charge is -2.47. The molecule has 0 saturated carbocycles. The normalized spacial score (nSPS) is 22.2. The largest absolute Gasteiger partial charge is 0.465 e. The Kier molecular flexibility index (Phi) is 9.94. The molecular formula is C34H41Cl2N5O4. The van der Waals surface area contributed by atoms with Crippen LogP contribution in [-0.4, -0.2) is 56.9 Å². The molecule has 3 aromatic rings. The van der Waals surface area contributed by atoms with E-state index in [0.29, 0.717) is 34.3 Å². The van der Waals surface area contributed by atoms with Gasteiger partial charge in [0.1, 0.15) is 5.60 Å². The first kappa shape index (κ1) is 33.0. The number of fused-ring (bicyclic) bond motifs is 2. The van der Waals surface area contributed by atoms with E-state index in [1.165, 1.54) is 0 Å². The van der Waals surface area contributed by atoms with Crippen LogP contribution in [0.5, 0.6) is 0 Å². The minimum atomic E-state index is -1.14. The van der Waals surface area contributed by atoms with E-state index in [0.717, 1.165) is 24.0 Å². The highest BCUT2D eigenvalue weighted by molar-refractivity contribution is 6.32. The van der Waals surface area contributed by atoms with Crippen LogP contribution < -0.4 is 16.0 Å². The van der Waals surface area contributed by atoms with Gasteiger partial charge in [-0.05, 0) is 66.5 Å². The smallest absolute Gasteiger partial charge is 0.404 e. The molecule has 45 heavy (non-hydrogen) atoms. The molecule has 2 saturated heterocycles. The van der Waals surface area contributed by atoms with Crippen molar-refractivity contribution in [2.24, 2.45) is 5.41 Å². The number of piperidine rings is 1. The Morgan fingerprint density at radius 1 is 0.933 bits per heavy atom. The van der Waals surface area contributed by atoms with Gasteiger partial charge in [-0.25, -0.2) is 9.59 Å². The van der Waals surface area contributed by atoms with Crippen LogP contribution in [0, 0.1) is 5.41 Å². The van der Waals surface area contributed by atoms with Gasteiger partial charge in [-0.3, -0.25) is 9.88 Å². The first-order valence-corrected chi connectivity index (χ1v) is 16.1. The van der Waals surface area contributed by atoms with Crippen LogP contribution in [0.3, 0.4) is 0 Å². The quantitative estimate of drug-likeness (QED) is 0.180. The van der Waals surface area contributed by atoms with Gasteiger partial charge in [-0.15, -0.1) is 0 Å². The molecular weight excluding hydrogens is 613 g/mol. The second kappa shape index (κ2) is 13.5. The van der Waals surface area contributed by atoms with Crippen molar-refractivity contribution in [1.29, 1.82) is 0 Å². The molecule has 2 aliphatic heterocycles. The van der Waals surface area contributed by atoms with Crippen molar-refractivity contribution in [3.8, 4) is 0 Å². The summed E-state index contributed by atoms with van der Waals surface area (Å²) in [6, 6.07) is 20.4. The molecule has 9 nitrogen and oxygen atoms in total. The number of rotatable bonds is 9. The van der Waals surface area contributed by atoms with Gasteiger partial charge < -0.3 is 26.2 Å². The number of hydrogen-bond acceptors (Lipinski definition) is 5.